The highest BCUT2D eigenvalue weighted by Crippen LogP contribution is 2.37. The Morgan fingerprint density at radius 3 is 2.48 bits per heavy atom. The Hall–Kier alpha value is -1.90. The fourth-order valence-electron chi connectivity index (χ4n) is 3.08. The van der Waals surface area contributed by atoms with E-state index in [1.165, 1.54) is 12.1 Å². The normalized spacial score (nSPS) is 18.7. The van der Waals surface area contributed by atoms with E-state index in [-0.39, 0.29) is 12.5 Å². The molecular weight excluding hydrogens is 353 g/mol. The van der Waals surface area contributed by atoms with Crippen LogP contribution in [0.25, 0.3) is 0 Å². The van der Waals surface area contributed by atoms with E-state index in [0.717, 1.165) is 23.4 Å². The molecule has 1 N–H and O–H groups in total. The quantitative estimate of drug-likeness (QED) is 0.841. The average Bonchev–Trinajstić information content (AvgIpc) is 2.58. The summed E-state index contributed by atoms with van der Waals surface area (Å²) in [6.07, 6.45) is -3.67. The van der Waals surface area contributed by atoms with Gasteiger partial charge >= 0.3 is 6.18 Å². The molecule has 2 aromatic rings. The second kappa shape index (κ2) is 7.15. The third-order valence-electron chi connectivity index (χ3n) is 4.23. The van der Waals surface area contributed by atoms with E-state index in [1.54, 1.807) is 0 Å². The highest BCUT2D eigenvalue weighted by Gasteiger charge is 2.31. The second-order valence-electron chi connectivity index (χ2n) is 5.94. The number of hydrogen-bond donors (Lipinski definition) is 1. The van der Waals surface area contributed by atoms with Crippen molar-refractivity contribution in [3.8, 4) is 0 Å². The summed E-state index contributed by atoms with van der Waals surface area (Å²) < 4.78 is 62.1. The minimum absolute atomic E-state index is 0.0232. The first-order valence-corrected chi connectivity index (χ1v) is 8.77. The zero-order valence-corrected chi connectivity index (χ0v) is 13.9. The number of nitrogens with zero attached hydrogens (tertiary/aromatic N) is 1. The van der Waals surface area contributed by atoms with Crippen molar-refractivity contribution in [1.82, 2.24) is 4.72 Å². The van der Waals surface area contributed by atoms with Gasteiger partial charge in [-0.15, -0.1) is 0 Å². The van der Waals surface area contributed by atoms with Crippen molar-refractivity contribution in [2.75, 3.05) is 18.0 Å². The lowest BCUT2D eigenvalue weighted by Gasteiger charge is -2.36. The predicted molar refractivity (Wildman–Crippen MR) is 89.0 cm³/mol. The number of benzene rings is 2. The Labute approximate surface area is 146 Å². The Balaban J connectivity index is 1.89. The van der Waals surface area contributed by atoms with Gasteiger partial charge in [-0.1, -0.05) is 18.2 Å². The van der Waals surface area contributed by atoms with Crippen molar-refractivity contribution < 1.29 is 21.9 Å². The lowest BCUT2D eigenvalue weighted by atomic mass is 9.92. The summed E-state index contributed by atoms with van der Waals surface area (Å²) in [5.41, 5.74) is 1.92. The van der Waals surface area contributed by atoms with Crippen molar-refractivity contribution in [1.29, 1.82) is 0 Å². The SMILES string of the molecule is O=S([O-])NCC1Cc2ccccc2N(c2ccc(C(F)(F)F)cc2)C1. The molecule has 4 nitrogen and oxygen atoms in total. The number of anilines is 2. The summed E-state index contributed by atoms with van der Waals surface area (Å²) >= 11 is -2.34. The van der Waals surface area contributed by atoms with Gasteiger partial charge in [-0.05, 0) is 48.2 Å². The Morgan fingerprint density at radius 2 is 1.84 bits per heavy atom. The van der Waals surface area contributed by atoms with Crippen molar-refractivity contribution in [2.24, 2.45) is 5.92 Å². The fourth-order valence-corrected chi connectivity index (χ4v) is 3.45. The number of alkyl halides is 3. The molecule has 0 aliphatic carbocycles. The topological polar surface area (TPSA) is 55.4 Å². The second-order valence-corrected chi connectivity index (χ2v) is 6.70. The summed E-state index contributed by atoms with van der Waals surface area (Å²) in [6.45, 7) is 0.800. The molecule has 8 heteroatoms. The monoisotopic (exact) mass is 369 g/mol. The third-order valence-corrected chi connectivity index (χ3v) is 4.63. The van der Waals surface area contributed by atoms with E-state index in [0.29, 0.717) is 18.7 Å². The van der Waals surface area contributed by atoms with Crippen LogP contribution in [-0.4, -0.2) is 21.9 Å². The molecule has 0 radical (unpaired) electrons. The molecule has 2 unspecified atom stereocenters. The minimum Gasteiger partial charge on any atom is -0.760 e. The molecule has 3 rings (SSSR count). The molecule has 0 amide bonds. The van der Waals surface area contributed by atoms with Crippen LogP contribution in [0.5, 0.6) is 0 Å². The van der Waals surface area contributed by atoms with Crippen molar-refractivity contribution >= 4 is 22.6 Å². The number of nitrogens with one attached hydrogen (secondary N) is 1. The summed E-state index contributed by atoms with van der Waals surface area (Å²) in [7, 11) is 0. The van der Waals surface area contributed by atoms with Crippen LogP contribution in [0, 0.1) is 5.92 Å². The Kier molecular flexibility index (Phi) is 5.12. The van der Waals surface area contributed by atoms with Crippen LogP contribution in [0.1, 0.15) is 11.1 Å². The van der Waals surface area contributed by atoms with E-state index in [9.17, 15) is 21.9 Å². The molecule has 0 bridgehead atoms. The Morgan fingerprint density at radius 1 is 1.16 bits per heavy atom. The lowest BCUT2D eigenvalue weighted by molar-refractivity contribution is -0.137. The van der Waals surface area contributed by atoms with E-state index in [1.807, 2.05) is 29.2 Å². The van der Waals surface area contributed by atoms with Crippen LogP contribution >= 0.6 is 0 Å². The van der Waals surface area contributed by atoms with Gasteiger partial charge in [0.25, 0.3) is 0 Å². The third kappa shape index (κ3) is 4.20. The lowest BCUT2D eigenvalue weighted by Crippen LogP contribution is -2.38. The molecule has 1 aliphatic rings. The molecule has 1 aliphatic heterocycles. The zero-order valence-electron chi connectivity index (χ0n) is 13.1. The number of halogens is 3. The molecular formula is C17H16F3N2O2S-. The molecule has 0 aromatic heterocycles. The summed E-state index contributed by atoms with van der Waals surface area (Å²) in [5.74, 6) is 0.0232. The largest absolute Gasteiger partial charge is 0.760 e. The molecule has 0 saturated heterocycles. The van der Waals surface area contributed by atoms with E-state index < -0.39 is 23.0 Å². The highest BCUT2D eigenvalue weighted by atomic mass is 32.2. The van der Waals surface area contributed by atoms with Gasteiger partial charge in [0.2, 0.25) is 0 Å². The minimum atomic E-state index is -4.37. The van der Waals surface area contributed by atoms with Gasteiger partial charge in [0.1, 0.15) is 0 Å². The first-order valence-electron chi connectivity index (χ1n) is 7.70. The summed E-state index contributed by atoms with van der Waals surface area (Å²) in [4.78, 5) is 1.93. The number of fused-ring (bicyclic) bond motifs is 1. The average molecular weight is 369 g/mol. The molecule has 25 heavy (non-hydrogen) atoms. The van der Waals surface area contributed by atoms with Gasteiger partial charge in [0.05, 0.1) is 5.56 Å². The maximum Gasteiger partial charge on any atom is 0.416 e. The van der Waals surface area contributed by atoms with Crippen LogP contribution in [0.15, 0.2) is 48.5 Å². The molecule has 0 spiro atoms. The summed E-state index contributed by atoms with van der Waals surface area (Å²) in [5, 5.41) is 0. The molecule has 0 saturated carbocycles. The first-order chi connectivity index (χ1) is 11.8. The molecule has 1 heterocycles. The highest BCUT2D eigenvalue weighted by molar-refractivity contribution is 7.77. The van der Waals surface area contributed by atoms with Gasteiger partial charge < -0.3 is 9.45 Å². The van der Waals surface area contributed by atoms with Crippen LogP contribution < -0.4 is 9.62 Å². The van der Waals surface area contributed by atoms with Gasteiger partial charge in [0.15, 0.2) is 0 Å². The van der Waals surface area contributed by atoms with Crippen molar-refractivity contribution in [3.05, 3.63) is 59.7 Å². The number of para-hydroxylation sites is 1. The van der Waals surface area contributed by atoms with Gasteiger partial charge in [-0.3, -0.25) is 4.21 Å². The van der Waals surface area contributed by atoms with Crippen LogP contribution in [0.4, 0.5) is 24.5 Å². The van der Waals surface area contributed by atoms with E-state index in [4.69, 9.17) is 0 Å². The predicted octanol–water partition coefficient (Wildman–Crippen LogP) is 3.40. The number of rotatable bonds is 4. The zero-order chi connectivity index (χ0) is 18.0. The van der Waals surface area contributed by atoms with Crippen molar-refractivity contribution in [3.63, 3.8) is 0 Å². The molecule has 2 atom stereocenters. The van der Waals surface area contributed by atoms with Crippen LogP contribution in [0.2, 0.25) is 0 Å². The van der Waals surface area contributed by atoms with E-state index in [2.05, 4.69) is 4.72 Å². The van der Waals surface area contributed by atoms with Crippen LogP contribution in [-0.2, 0) is 23.9 Å². The molecule has 134 valence electrons. The van der Waals surface area contributed by atoms with Gasteiger partial charge in [-0.25, -0.2) is 4.72 Å². The van der Waals surface area contributed by atoms with Crippen LogP contribution in [0.3, 0.4) is 0 Å². The van der Waals surface area contributed by atoms with Gasteiger partial charge in [-0.2, -0.15) is 13.2 Å². The Bertz CT molecular complexity index is 765. The maximum atomic E-state index is 12.8. The van der Waals surface area contributed by atoms with Gasteiger partial charge in [0, 0.05) is 35.7 Å². The van der Waals surface area contributed by atoms with Crippen molar-refractivity contribution in [2.45, 2.75) is 12.6 Å². The first kappa shape index (κ1) is 17.9. The standard InChI is InChI=1S/C17H17F3N2O2S/c18-17(19,20)14-5-7-15(8-6-14)22-11-12(10-21-25(23)24)9-13-3-1-2-4-16(13)22/h1-8,12,21H,9-11H2,(H,23,24)/p-1. The van der Waals surface area contributed by atoms with E-state index >= 15 is 0 Å². The number of hydrogen-bond acceptors (Lipinski definition) is 3. The molecule has 0 fully saturated rings. The molecule has 2 aromatic carbocycles. The maximum absolute atomic E-state index is 12.8. The fraction of sp³-hybridized carbons (Fsp3) is 0.294. The smallest absolute Gasteiger partial charge is 0.416 e. The summed E-state index contributed by atoms with van der Waals surface area (Å²) in [6, 6.07) is 12.7.